The summed E-state index contributed by atoms with van der Waals surface area (Å²) in [5.41, 5.74) is 6.00. The molecule has 2 unspecified atom stereocenters. The van der Waals surface area contributed by atoms with Gasteiger partial charge in [0.2, 0.25) is 0 Å². The van der Waals surface area contributed by atoms with Crippen LogP contribution < -0.4 is 16.4 Å². The Hall–Kier alpha value is -0.120. The molecule has 0 aliphatic heterocycles. The smallest absolute Gasteiger partial charge is 0.00387 e. The summed E-state index contributed by atoms with van der Waals surface area (Å²) in [5.74, 6) is 0. The summed E-state index contributed by atoms with van der Waals surface area (Å²) in [6, 6.07) is 1.05. The molecule has 0 aromatic heterocycles. The molecule has 17 heavy (non-hydrogen) atoms. The molecule has 2 atom stereocenters. The van der Waals surface area contributed by atoms with E-state index in [2.05, 4.69) is 31.4 Å². The number of rotatable bonds is 12. The Labute approximate surface area is 108 Å². The minimum atomic E-state index is 0.418. The zero-order valence-electron chi connectivity index (χ0n) is 12.1. The Kier molecular flexibility index (Phi) is 12.3. The first-order valence-corrected chi connectivity index (χ1v) is 7.40. The van der Waals surface area contributed by atoms with Gasteiger partial charge in [0, 0.05) is 12.1 Å². The highest BCUT2D eigenvalue weighted by Gasteiger charge is 2.04. The molecule has 0 saturated heterocycles. The van der Waals surface area contributed by atoms with Crippen LogP contribution in [0, 0.1) is 0 Å². The van der Waals surface area contributed by atoms with Crippen LogP contribution in [0.25, 0.3) is 0 Å². The predicted octanol–water partition coefficient (Wildman–Crippen LogP) is 2.26. The van der Waals surface area contributed by atoms with E-state index in [-0.39, 0.29) is 0 Å². The van der Waals surface area contributed by atoms with Gasteiger partial charge in [-0.3, -0.25) is 0 Å². The highest BCUT2D eigenvalue weighted by atomic mass is 14.9. The molecule has 0 rings (SSSR count). The highest BCUT2D eigenvalue weighted by Crippen LogP contribution is 2.06. The van der Waals surface area contributed by atoms with Crippen molar-refractivity contribution in [3.63, 3.8) is 0 Å². The normalized spacial score (nSPS) is 14.8. The van der Waals surface area contributed by atoms with Crippen LogP contribution in [0.2, 0.25) is 0 Å². The van der Waals surface area contributed by atoms with Crippen LogP contribution in [0.3, 0.4) is 0 Å². The van der Waals surface area contributed by atoms with Crippen LogP contribution in [0.1, 0.15) is 59.3 Å². The van der Waals surface area contributed by atoms with Gasteiger partial charge < -0.3 is 16.4 Å². The summed E-state index contributed by atoms with van der Waals surface area (Å²) >= 11 is 0. The van der Waals surface area contributed by atoms with Crippen molar-refractivity contribution < 1.29 is 0 Å². The molecular weight excluding hydrogens is 210 g/mol. The minimum Gasteiger partial charge on any atom is -0.328 e. The van der Waals surface area contributed by atoms with Crippen molar-refractivity contribution in [1.82, 2.24) is 10.6 Å². The Morgan fingerprint density at radius 3 is 2.41 bits per heavy atom. The largest absolute Gasteiger partial charge is 0.328 e. The number of nitrogens with one attached hydrogen (secondary N) is 2. The van der Waals surface area contributed by atoms with E-state index in [9.17, 15) is 0 Å². The Morgan fingerprint density at radius 2 is 1.76 bits per heavy atom. The zero-order chi connectivity index (χ0) is 12.9. The second-order valence-corrected chi connectivity index (χ2v) is 5.04. The first-order chi connectivity index (χ1) is 8.20. The van der Waals surface area contributed by atoms with Crippen molar-refractivity contribution in [2.45, 2.75) is 71.4 Å². The zero-order valence-corrected chi connectivity index (χ0v) is 12.1. The van der Waals surface area contributed by atoms with E-state index in [1.54, 1.807) is 0 Å². The minimum absolute atomic E-state index is 0.418. The molecule has 3 heteroatoms. The molecule has 0 heterocycles. The second kappa shape index (κ2) is 12.3. The maximum Gasteiger partial charge on any atom is 0.00387 e. The molecule has 0 aromatic rings. The SMILES string of the molecule is CCCC(N)CCCC(C)NCCCNCC. The van der Waals surface area contributed by atoms with E-state index in [0.717, 1.165) is 19.6 Å². The first-order valence-electron chi connectivity index (χ1n) is 7.40. The van der Waals surface area contributed by atoms with Crippen LogP contribution in [0.4, 0.5) is 0 Å². The van der Waals surface area contributed by atoms with Crippen molar-refractivity contribution in [2.75, 3.05) is 19.6 Å². The summed E-state index contributed by atoms with van der Waals surface area (Å²) < 4.78 is 0. The maximum atomic E-state index is 6.00. The Bertz CT molecular complexity index is 150. The topological polar surface area (TPSA) is 50.1 Å². The van der Waals surface area contributed by atoms with Gasteiger partial charge in [-0.05, 0) is 52.2 Å². The third kappa shape index (κ3) is 12.1. The van der Waals surface area contributed by atoms with Gasteiger partial charge >= 0.3 is 0 Å². The number of nitrogens with two attached hydrogens (primary N) is 1. The molecule has 0 fully saturated rings. The van der Waals surface area contributed by atoms with E-state index in [1.807, 2.05) is 0 Å². The van der Waals surface area contributed by atoms with Crippen molar-refractivity contribution >= 4 is 0 Å². The third-order valence-electron chi connectivity index (χ3n) is 3.14. The summed E-state index contributed by atoms with van der Waals surface area (Å²) in [6.45, 7) is 9.94. The molecule has 0 spiro atoms. The monoisotopic (exact) mass is 243 g/mol. The van der Waals surface area contributed by atoms with Gasteiger partial charge in [0.15, 0.2) is 0 Å². The summed E-state index contributed by atoms with van der Waals surface area (Å²) in [6.07, 6.45) is 7.27. The predicted molar refractivity (Wildman–Crippen MR) is 77.4 cm³/mol. The molecule has 0 radical (unpaired) electrons. The van der Waals surface area contributed by atoms with E-state index >= 15 is 0 Å². The lowest BCUT2D eigenvalue weighted by Gasteiger charge is -2.15. The van der Waals surface area contributed by atoms with Crippen molar-refractivity contribution in [3.8, 4) is 0 Å². The van der Waals surface area contributed by atoms with Gasteiger partial charge in [-0.1, -0.05) is 26.7 Å². The average Bonchev–Trinajstić information content (AvgIpc) is 2.29. The van der Waals surface area contributed by atoms with E-state index in [1.165, 1.54) is 38.5 Å². The molecule has 0 aromatic carbocycles. The van der Waals surface area contributed by atoms with Gasteiger partial charge in [-0.25, -0.2) is 0 Å². The third-order valence-corrected chi connectivity index (χ3v) is 3.14. The molecule has 0 aliphatic rings. The van der Waals surface area contributed by atoms with Gasteiger partial charge in [0.05, 0.1) is 0 Å². The Morgan fingerprint density at radius 1 is 1.00 bits per heavy atom. The fraction of sp³-hybridized carbons (Fsp3) is 1.00. The van der Waals surface area contributed by atoms with Crippen LogP contribution in [0.15, 0.2) is 0 Å². The summed E-state index contributed by atoms with van der Waals surface area (Å²) in [4.78, 5) is 0. The Balaban J connectivity index is 3.25. The number of hydrogen-bond acceptors (Lipinski definition) is 3. The van der Waals surface area contributed by atoms with E-state index < -0.39 is 0 Å². The summed E-state index contributed by atoms with van der Waals surface area (Å²) in [7, 11) is 0. The number of hydrogen-bond donors (Lipinski definition) is 3. The van der Waals surface area contributed by atoms with E-state index in [0.29, 0.717) is 12.1 Å². The first kappa shape index (κ1) is 16.9. The van der Waals surface area contributed by atoms with Crippen molar-refractivity contribution in [2.24, 2.45) is 5.73 Å². The lowest BCUT2D eigenvalue weighted by atomic mass is 10.0. The highest BCUT2D eigenvalue weighted by molar-refractivity contribution is 4.65. The van der Waals surface area contributed by atoms with Gasteiger partial charge in [-0.15, -0.1) is 0 Å². The van der Waals surface area contributed by atoms with Crippen molar-refractivity contribution in [3.05, 3.63) is 0 Å². The van der Waals surface area contributed by atoms with Crippen LogP contribution in [-0.2, 0) is 0 Å². The fourth-order valence-electron chi connectivity index (χ4n) is 2.04. The molecule has 0 aliphatic carbocycles. The van der Waals surface area contributed by atoms with Crippen LogP contribution in [0.5, 0.6) is 0 Å². The lowest BCUT2D eigenvalue weighted by molar-refractivity contribution is 0.453. The van der Waals surface area contributed by atoms with Gasteiger partial charge in [-0.2, -0.15) is 0 Å². The molecule has 3 nitrogen and oxygen atoms in total. The standard InChI is InChI=1S/C14H33N3/c1-4-8-14(15)10-6-9-13(3)17-12-7-11-16-5-2/h13-14,16-17H,4-12,15H2,1-3H3. The molecule has 0 saturated carbocycles. The van der Waals surface area contributed by atoms with E-state index in [4.69, 9.17) is 5.73 Å². The molecule has 104 valence electrons. The second-order valence-electron chi connectivity index (χ2n) is 5.04. The fourth-order valence-corrected chi connectivity index (χ4v) is 2.04. The quantitative estimate of drug-likeness (QED) is 0.461. The average molecular weight is 243 g/mol. The van der Waals surface area contributed by atoms with Crippen LogP contribution in [-0.4, -0.2) is 31.7 Å². The summed E-state index contributed by atoms with van der Waals surface area (Å²) in [5, 5.41) is 6.90. The van der Waals surface area contributed by atoms with Crippen LogP contribution >= 0.6 is 0 Å². The maximum absolute atomic E-state index is 6.00. The molecular formula is C14H33N3. The molecule has 0 bridgehead atoms. The molecule has 4 N–H and O–H groups in total. The van der Waals surface area contributed by atoms with Gasteiger partial charge in [0.25, 0.3) is 0 Å². The van der Waals surface area contributed by atoms with Gasteiger partial charge in [0.1, 0.15) is 0 Å². The lowest BCUT2D eigenvalue weighted by Crippen LogP contribution is -2.29. The molecule has 0 amide bonds. The van der Waals surface area contributed by atoms with Crippen molar-refractivity contribution in [1.29, 1.82) is 0 Å².